The predicted molar refractivity (Wildman–Crippen MR) is 307 cm³/mol. The first kappa shape index (κ1) is 68.9. The van der Waals surface area contributed by atoms with E-state index < -0.39 is 6.10 Å². The van der Waals surface area contributed by atoms with Crippen LogP contribution in [0.25, 0.3) is 0 Å². The first-order valence-corrected chi connectivity index (χ1v) is 31.8. The highest BCUT2D eigenvalue weighted by atomic mass is 16.6. The van der Waals surface area contributed by atoms with Gasteiger partial charge in [0.25, 0.3) is 0 Å². The Labute approximate surface area is 443 Å². The van der Waals surface area contributed by atoms with Crippen LogP contribution in [0.5, 0.6) is 0 Å². The summed E-state index contributed by atoms with van der Waals surface area (Å²) in [6.07, 6.45) is 71.9. The molecule has 0 radical (unpaired) electrons. The van der Waals surface area contributed by atoms with Gasteiger partial charge < -0.3 is 14.2 Å². The summed E-state index contributed by atoms with van der Waals surface area (Å²) in [4.78, 5) is 38.2. The predicted octanol–water partition coefficient (Wildman–Crippen LogP) is 21.4. The topological polar surface area (TPSA) is 78.9 Å². The van der Waals surface area contributed by atoms with E-state index in [2.05, 4.69) is 45.1 Å². The average molecular weight is 1000 g/mol. The SMILES string of the molecule is CCCC/C=C\CCCCCCCC(=O)O[C@H](COC(=O)CCCCCCCCCCCCC/C=C\CCCCCCCC)COC(=O)CCCCCCCCCCCCCCCCCCCCCCC. The van der Waals surface area contributed by atoms with E-state index >= 15 is 0 Å². The molecular formula is C65H122O6. The third-order valence-corrected chi connectivity index (χ3v) is 14.4. The number of esters is 3. The lowest BCUT2D eigenvalue weighted by molar-refractivity contribution is -0.167. The monoisotopic (exact) mass is 999 g/mol. The summed E-state index contributed by atoms with van der Waals surface area (Å²) in [6.45, 7) is 6.65. The zero-order valence-electron chi connectivity index (χ0n) is 48.0. The molecule has 0 saturated heterocycles. The van der Waals surface area contributed by atoms with E-state index in [-0.39, 0.29) is 31.1 Å². The first-order valence-electron chi connectivity index (χ1n) is 31.8. The molecule has 0 fully saturated rings. The summed E-state index contributed by atoms with van der Waals surface area (Å²) in [5.74, 6) is -0.856. The van der Waals surface area contributed by atoms with Crippen molar-refractivity contribution in [3.05, 3.63) is 24.3 Å². The van der Waals surface area contributed by atoms with Crippen LogP contribution in [0.2, 0.25) is 0 Å². The van der Waals surface area contributed by atoms with Crippen molar-refractivity contribution in [1.82, 2.24) is 0 Å². The highest BCUT2D eigenvalue weighted by Gasteiger charge is 2.19. The van der Waals surface area contributed by atoms with E-state index in [4.69, 9.17) is 14.2 Å². The maximum absolute atomic E-state index is 12.8. The number of ether oxygens (including phenoxy) is 3. The molecule has 0 aromatic heterocycles. The van der Waals surface area contributed by atoms with Crippen LogP contribution in [0.15, 0.2) is 24.3 Å². The minimum absolute atomic E-state index is 0.0699. The van der Waals surface area contributed by atoms with E-state index in [1.54, 1.807) is 0 Å². The number of hydrogen-bond acceptors (Lipinski definition) is 6. The summed E-state index contributed by atoms with van der Waals surface area (Å²) >= 11 is 0. The van der Waals surface area contributed by atoms with Crippen molar-refractivity contribution in [2.75, 3.05) is 13.2 Å². The van der Waals surface area contributed by atoms with Crippen molar-refractivity contribution < 1.29 is 28.6 Å². The molecule has 418 valence electrons. The standard InChI is InChI=1S/C65H122O6/c1-4-7-10-13-16-19-22-24-26-28-30-32-34-36-38-40-43-45-48-51-54-57-63(66)69-60-62(71-65(68)59-56-53-50-47-42-21-18-15-12-9-6-3)61-70-64(67)58-55-52-49-46-44-41-39-37-35-33-31-29-27-25-23-20-17-14-11-8-5-2/h15,18,24,26,62H,4-14,16-17,19-23,25,27-61H2,1-3H3/b18-15-,26-24-/t62-/m1/s1. The van der Waals surface area contributed by atoms with Gasteiger partial charge in [0.2, 0.25) is 0 Å². The van der Waals surface area contributed by atoms with E-state index in [1.165, 1.54) is 250 Å². The molecular weight excluding hydrogens is 877 g/mol. The molecule has 0 spiro atoms. The molecule has 0 amide bonds. The van der Waals surface area contributed by atoms with Crippen molar-refractivity contribution in [1.29, 1.82) is 0 Å². The molecule has 0 bridgehead atoms. The van der Waals surface area contributed by atoms with Gasteiger partial charge in [0.1, 0.15) is 13.2 Å². The van der Waals surface area contributed by atoms with Crippen LogP contribution in [0, 0.1) is 0 Å². The van der Waals surface area contributed by atoms with Gasteiger partial charge in [-0.2, -0.15) is 0 Å². The lowest BCUT2D eigenvalue weighted by Gasteiger charge is -2.18. The normalized spacial score (nSPS) is 12.1. The van der Waals surface area contributed by atoms with E-state index in [1.807, 2.05) is 0 Å². The minimum Gasteiger partial charge on any atom is -0.462 e. The highest BCUT2D eigenvalue weighted by molar-refractivity contribution is 5.71. The second kappa shape index (κ2) is 60.4. The Kier molecular flexibility index (Phi) is 58.6. The Morgan fingerprint density at radius 2 is 0.479 bits per heavy atom. The van der Waals surface area contributed by atoms with Crippen molar-refractivity contribution in [2.24, 2.45) is 0 Å². The molecule has 0 aromatic rings. The van der Waals surface area contributed by atoms with Crippen molar-refractivity contribution in [3.8, 4) is 0 Å². The largest absolute Gasteiger partial charge is 0.462 e. The molecule has 0 rings (SSSR count). The lowest BCUT2D eigenvalue weighted by atomic mass is 10.0. The summed E-state index contributed by atoms with van der Waals surface area (Å²) in [5, 5.41) is 0. The van der Waals surface area contributed by atoms with Gasteiger partial charge in [0.05, 0.1) is 0 Å². The Balaban J connectivity index is 4.20. The van der Waals surface area contributed by atoms with Gasteiger partial charge in [-0.05, 0) is 64.2 Å². The van der Waals surface area contributed by atoms with Gasteiger partial charge in [-0.1, -0.05) is 295 Å². The Bertz CT molecular complexity index is 1150. The lowest BCUT2D eigenvalue weighted by Crippen LogP contribution is -2.30. The molecule has 0 N–H and O–H groups in total. The van der Waals surface area contributed by atoms with Gasteiger partial charge in [0, 0.05) is 19.3 Å². The molecule has 6 heteroatoms. The molecule has 6 nitrogen and oxygen atoms in total. The molecule has 0 aliphatic heterocycles. The Morgan fingerprint density at radius 3 is 0.746 bits per heavy atom. The molecule has 0 aliphatic carbocycles. The average Bonchev–Trinajstić information content (AvgIpc) is 3.37. The first-order chi connectivity index (χ1) is 35.0. The Morgan fingerprint density at radius 1 is 0.268 bits per heavy atom. The molecule has 0 aromatic carbocycles. The number of hydrogen-bond donors (Lipinski definition) is 0. The summed E-state index contributed by atoms with van der Waals surface area (Å²) in [5.41, 5.74) is 0. The van der Waals surface area contributed by atoms with Crippen molar-refractivity contribution in [2.45, 2.75) is 361 Å². The summed E-state index contributed by atoms with van der Waals surface area (Å²) < 4.78 is 16.9. The fourth-order valence-electron chi connectivity index (χ4n) is 9.60. The third kappa shape index (κ3) is 58.7. The molecule has 0 aliphatic rings. The summed E-state index contributed by atoms with van der Waals surface area (Å²) in [7, 11) is 0. The maximum atomic E-state index is 12.8. The molecule has 0 unspecified atom stereocenters. The highest BCUT2D eigenvalue weighted by Crippen LogP contribution is 2.18. The van der Waals surface area contributed by atoms with Gasteiger partial charge in [-0.15, -0.1) is 0 Å². The van der Waals surface area contributed by atoms with Crippen LogP contribution in [0.4, 0.5) is 0 Å². The quantitative estimate of drug-likeness (QED) is 0.0261. The van der Waals surface area contributed by atoms with Crippen LogP contribution >= 0.6 is 0 Å². The van der Waals surface area contributed by atoms with Crippen LogP contribution in [0.1, 0.15) is 355 Å². The van der Waals surface area contributed by atoms with Crippen LogP contribution in [-0.2, 0) is 28.6 Å². The maximum Gasteiger partial charge on any atom is 0.306 e. The van der Waals surface area contributed by atoms with Crippen LogP contribution in [-0.4, -0.2) is 37.2 Å². The zero-order chi connectivity index (χ0) is 51.4. The van der Waals surface area contributed by atoms with Crippen LogP contribution < -0.4 is 0 Å². The van der Waals surface area contributed by atoms with Crippen molar-refractivity contribution >= 4 is 17.9 Å². The Hall–Kier alpha value is -2.11. The molecule has 71 heavy (non-hydrogen) atoms. The second-order valence-corrected chi connectivity index (χ2v) is 21.7. The van der Waals surface area contributed by atoms with E-state index in [0.717, 1.165) is 64.2 Å². The van der Waals surface area contributed by atoms with Crippen LogP contribution in [0.3, 0.4) is 0 Å². The number of allylic oxidation sites excluding steroid dienone is 4. The number of carbonyl (C=O) groups is 3. The fourth-order valence-corrected chi connectivity index (χ4v) is 9.60. The number of rotatable bonds is 59. The zero-order valence-corrected chi connectivity index (χ0v) is 48.0. The third-order valence-electron chi connectivity index (χ3n) is 14.4. The molecule has 0 saturated carbocycles. The van der Waals surface area contributed by atoms with Gasteiger partial charge in [-0.3, -0.25) is 14.4 Å². The van der Waals surface area contributed by atoms with E-state index in [0.29, 0.717) is 19.3 Å². The van der Waals surface area contributed by atoms with Crippen molar-refractivity contribution in [3.63, 3.8) is 0 Å². The van der Waals surface area contributed by atoms with Gasteiger partial charge in [-0.25, -0.2) is 0 Å². The second-order valence-electron chi connectivity index (χ2n) is 21.7. The smallest absolute Gasteiger partial charge is 0.306 e. The van der Waals surface area contributed by atoms with Gasteiger partial charge in [0.15, 0.2) is 6.10 Å². The van der Waals surface area contributed by atoms with Gasteiger partial charge >= 0.3 is 17.9 Å². The summed E-state index contributed by atoms with van der Waals surface area (Å²) in [6, 6.07) is 0. The number of unbranched alkanes of at least 4 members (excludes halogenated alkanes) is 44. The number of carbonyl (C=O) groups excluding carboxylic acids is 3. The fraction of sp³-hybridized carbons (Fsp3) is 0.892. The molecule has 1 atom stereocenters. The van der Waals surface area contributed by atoms with E-state index in [9.17, 15) is 14.4 Å². The minimum atomic E-state index is -0.772. The molecule has 0 heterocycles.